The first-order chi connectivity index (χ1) is 8.97. The lowest BCUT2D eigenvalue weighted by Crippen LogP contribution is -2.25. The minimum absolute atomic E-state index is 0.00185. The van der Waals surface area contributed by atoms with E-state index in [0.717, 1.165) is 6.42 Å². The van der Waals surface area contributed by atoms with E-state index in [1.54, 1.807) is 12.1 Å². The van der Waals surface area contributed by atoms with Crippen LogP contribution in [0.15, 0.2) is 12.1 Å². The Hall–Kier alpha value is -1.55. The molecule has 2 rings (SSSR count). The Morgan fingerprint density at radius 1 is 1.47 bits per heavy atom. The monoisotopic (exact) mass is 281 g/mol. The fraction of sp³-hybridized carbons (Fsp3) is 0.429. The number of rotatable bonds is 4. The van der Waals surface area contributed by atoms with E-state index >= 15 is 0 Å². The standard InChI is InChI=1S/C14H16ClNO3/c1-8(2)3-4-12(17)9-5-13-11(6-10(9)15)16-14(18)7-19-13/h5-6,8H,3-4,7H2,1-2H3,(H,16,18). The van der Waals surface area contributed by atoms with E-state index in [4.69, 9.17) is 16.3 Å². The highest BCUT2D eigenvalue weighted by Gasteiger charge is 2.20. The maximum atomic E-state index is 12.1. The molecule has 0 radical (unpaired) electrons. The van der Waals surface area contributed by atoms with Gasteiger partial charge in [0, 0.05) is 12.0 Å². The van der Waals surface area contributed by atoms with E-state index < -0.39 is 0 Å². The lowest BCUT2D eigenvalue weighted by Gasteiger charge is -2.19. The van der Waals surface area contributed by atoms with E-state index in [0.29, 0.717) is 34.4 Å². The van der Waals surface area contributed by atoms with Crippen molar-refractivity contribution in [1.82, 2.24) is 0 Å². The summed E-state index contributed by atoms with van der Waals surface area (Å²) in [7, 11) is 0. The summed E-state index contributed by atoms with van der Waals surface area (Å²) in [6.07, 6.45) is 1.28. The molecule has 0 aliphatic carbocycles. The van der Waals surface area contributed by atoms with E-state index in [-0.39, 0.29) is 18.3 Å². The highest BCUT2D eigenvalue weighted by Crippen LogP contribution is 2.34. The molecular weight excluding hydrogens is 266 g/mol. The molecule has 1 aliphatic rings. The maximum absolute atomic E-state index is 12.1. The summed E-state index contributed by atoms with van der Waals surface area (Å²) in [6, 6.07) is 3.18. The van der Waals surface area contributed by atoms with Gasteiger partial charge < -0.3 is 10.1 Å². The SMILES string of the molecule is CC(C)CCC(=O)c1cc2c(cc1Cl)NC(=O)CO2. The molecule has 0 saturated carbocycles. The van der Waals surface area contributed by atoms with Gasteiger partial charge in [-0.3, -0.25) is 9.59 Å². The first-order valence-corrected chi connectivity index (χ1v) is 6.64. The molecule has 5 heteroatoms. The number of hydrogen-bond donors (Lipinski definition) is 1. The van der Waals surface area contributed by atoms with Gasteiger partial charge in [-0.05, 0) is 24.5 Å². The molecule has 1 aromatic rings. The van der Waals surface area contributed by atoms with Crippen molar-refractivity contribution in [2.24, 2.45) is 5.92 Å². The number of fused-ring (bicyclic) bond motifs is 1. The number of Topliss-reactive ketones (excluding diaryl/α,β-unsaturated/α-hetero) is 1. The van der Waals surface area contributed by atoms with Crippen molar-refractivity contribution in [3.8, 4) is 5.75 Å². The number of benzene rings is 1. The molecule has 0 fully saturated rings. The fourth-order valence-corrected chi connectivity index (χ4v) is 2.14. The molecule has 102 valence electrons. The summed E-state index contributed by atoms with van der Waals surface area (Å²) in [4.78, 5) is 23.3. The summed E-state index contributed by atoms with van der Waals surface area (Å²) >= 11 is 6.09. The Balaban J connectivity index is 2.22. The van der Waals surface area contributed by atoms with Gasteiger partial charge in [-0.2, -0.15) is 0 Å². The minimum atomic E-state index is -0.220. The van der Waals surface area contributed by atoms with Crippen LogP contribution in [0.3, 0.4) is 0 Å². The van der Waals surface area contributed by atoms with Crippen molar-refractivity contribution in [2.75, 3.05) is 11.9 Å². The molecule has 0 bridgehead atoms. The van der Waals surface area contributed by atoms with Gasteiger partial charge in [-0.15, -0.1) is 0 Å². The molecule has 1 aromatic carbocycles. The Bertz CT molecular complexity index is 526. The molecular formula is C14H16ClNO3. The molecule has 0 unspecified atom stereocenters. The normalized spacial score (nSPS) is 13.8. The Morgan fingerprint density at radius 3 is 2.89 bits per heavy atom. The van der Waals surface area contributed by atoms with Crippen LogP contribution in [0, 0.1) is 5.92 Å². The molecule has 1 amide bonds. The van der Waals surface area contributed by atoms with E-state index in [2.05, 4.69) is 19.2 Å². The van der Waals surface area contributed by atoms with E-state index in [1.165, 1.54) is 0 Å². The minimum Gasteiger partial charge on any atom is -0.482 e. The van der Waals surface area contributed by atoms with Crippen LogP contribution in [0.2, 0.25) is 5.02 Å². The predicted octanol–water partition coefficient (Wildman–Crippen LogP) is 3.29. The average molecular weight is 282 g/mol. The Kier molecular flexibility index (Phi) is 4.10. The number of nitrogens with one attached hydrogen (secondary N) is 1. The third-order valence-corrected chi connectivity index (χ3v) is 3.26. The van der Waals surface area contributed by atoms with Gasteiger partial charge in [0.15, 0.2) is 12.4 Å². The molecule has 1 N–H and O–H groups in total. The molecule has 19 heavy (non-hydrogen) atoms. The summed E-state index contributed by atoms with van der Waals surface area (Å²) in [6.45, 7) is 4.11. The van der Waals surface area contributed by atoms with Crippen molar-refractivity contribution in [3.05, 3.63) is 22.7 Å². The van der Waals surface area contributed by atoms with Crippen molar-refractivity contribution >= 4 is 29.0 Å². The Labute approximate surface area is 117 Å². The molecule has 0 spiro atoms. The molecule has 1 aliphatic heterocycles. The second-order valence-corrected chi connectivity index (χ2v) is 5.43. The zero-order chi connectivity index (χ0) is 14.0. The highest BCUT2D eigenvalue weighted by molar-refractivity contribution is 6.34. The van der Waals surface area contributed by atoms with Gasteiger partial charge in [0.25, 0.3) is 5.91 Å². The Morgan fingerprint density at radius 2 is 2.21 bits per heavy atom. The van der Waals surface area contributed by atoms with Crippen molar-refractivity contribution in [2.45, 2.75) is 26.7 Å². The van der Waals surface area contributed by atoms with Gasteiger partial charge in [0.2, 0.25) is 0 Å². The largest absolute Gasteiger partial charge is 0.482 e. The summed E-state index contributed by atoms with van der Waals surface area (Å²) in [5, 5.41) is 3.00. The molecule has 0 aromatic heterocycles. The first kappa shape index (κ1) is 13.9. The second-order valence-electron chi connectivity index (χ2n) is 5.02. The zero-order valence-electron chi connectivity index (χ0n) is 11.0. The number of amides is 1. The smallest absolute Gasteiger partial charge is 0.262 e. The van der Waals surface area contributed by atoms with Gasteiger partial charge in [0.1, 0.15) is 5.75 Å². The number of carbonyl (C=O) groups excluding carboxylic acids is 2. The predicted molar refractivity (Wildman–Crippen MR) is 74.0 cm³/mol. The van der Waals surface area contributed by atoms with Gasteiger partial charge in [-0.1, -0.05) is 25.4 Å². The van der Waals surface area contributed by atoms with Gasteiger partial charge in [0.05, 0.1) is 10.7 Å². The van der Waals surface area contributed by atoms with Crippen molar-refractivity contribution < 1.29 is 14.3 Å². The molecule has 1 heterocycles. The van der Waals surface area contributed by atoms with Crippen LogP contribution in [-0.2, 0) is 4.79 Å². The number of hydrogen-bond acceptors (Lipinski definition) is 3. The number of ether oxygens (including phenoxy) is 1. The van der Waals surface area contributed by atoms with Crippen LogP contribution in [0.25, 0.3) is 0 Å². The number of halogens is 1. The number of ketones is 1. The van der Waals surface area contributed by atoms with E-state index in [9.17, 15) is 9.59 Å². The van der Waals surface area contributed by atoms with Crippen LogP contribution < -0.4 is 10.1 Å². The lowest BCUT2D eigenvalue weighted by molar-refractivity contribution is -0.118. The summed E-state index contributed by atoms with van der Waals surface area (Å²) in [5.41, 5.74) is 0.971. The lowest BCUT2D eigenvalue weighted by atomic mass is 10.0. The molecule has 0 saturated heterocycles. The fourth-order valence-electron chi connectivity index (χ4n) is 1.87. The van der Waals surface area contributed by atoms with Crippen LogP contribution in [0.1, 0.15) is 37.0 Å². The zero-order valence-corrected chi connectivity index (χ0v) is 11.7. The highest BCUT2D eigenvalue weighted by atomic mass is 35.5. The van der Waals surface area contributed by atoms with Crippen LogP contribution in [0.5, 0.6) is 5.75 Å². The third kappa shape index (κ3) is 3.26. The second kappa shape index (κ2) is 5.61. The van der Waals surface area contributed by atoms with Crippen molar-refractivity contribution in [1.29, 1.82) is 0 Å². The van der Waals surface area contributed by atoms with Gasteiger partial charge >= 0.3 is 0 Å². The number of anilines is 1. The molecule has 0 atom stereocenters. The topological polar surface area (TPSA) is 55.4 Å². The van der Waals surface area contributed by atoms with Crippen LogP contribution in [-0.4, -0.2) is 18.3 Å². The molecule has 4 nitrogen and oxygen atoms in total. The summed E-state index contributed by atoms with van der Waals surface area (Å²) < 4.78 is 5.28. The summed E-state index contributed by atoms with van der Waals surface area (Å²) in [5.74, 6) is 0.747. The van der Waals surface area contributed by atoms with Crippen LogP contribution in [0.4, 0.5) is 5.69 Å². The van der Waals surface area contributed by atoms with Gasteiger partial charge in [-0.25, -0.2) is 0 Å². The van der Waals surface area contributed by atoms with E-state index in [1.807, 2.05) is 0 Å². The van der Waals surface area contributed by atoms with Crippen molar-refractivity contribution in [3.63, 3.8) is 0 Å². The third-order valence-electron chi connectivity index (χ3n) is 2.95. The number of carbonyl (C=O) groups is 2. The van der Waals surface area contributed by atoms with Crippen LogP contribution >= 0.6 is 11.6 Å². The average Bonchev–Trinajstić information content (AvgIpc) is 2.35. The quantitative estimate of drug-likeness (QED) is 0.862. The maximum Gasteiger partial charge on any atom is 0.262 e. The first-order valence-electron chi connectivity index (χ1n) is 6.26.